The Hall–Kier alpha value is -2.22. The fraction of sp³-hybridized carbons (Fsp3) is 0.333. The maximum absolute atomic E-state index is 5.93. The minimum atomic E-state index is -0.183. The van der Waals surface area contributed by atoms with E-state index in [0.29, 0.717) is 24.9 Å². The number of fused-ring (bicyclic) bond motifs is 3. The van der Waals surface area contributed by atoms with E-state index in [9.17, 15) is 0 Å². The number of aromatic nitrogens is 2. The van der Waals surface area contributed by atoms with Gasteiger partial charge in [-0.15, -0.1) is 11.3 Å². The van der Waals surface area contributed by atoms with Crippen molar-refractivity contribution >= 4 is 33.3 Å². The average Bonchev–Trinajstić information content (AvgIpc) is 2.96. The van der Waals surface area contributed by atoms with E-state index in [4.69, 9.17) is 15.6 Å². The number of hydrazine groups is 1. The summed E-state index contributed by atoms with van der Waals surface area (Å²) >= 11 is 1.65. The van der Waals surface area contributed by atoms with Crippen LogP contribution in [0.15, 0.2) is 30.3 Å². The van der Waals surface area contributed by atoms with Gasteiger partial charge in [0.05, 0.1) is 17.6 Å². The van der Waals surface area contributed by atoms with Gasteiger partial charge < -0.3 is 15.5 Å². The van der Waals surface area contributed by atoms with Crippen LogP contribution in [-0.4, -0.2) is 15.6 Å². The second-order valence-corrected chi connectivity index (χ2v) is 7.87. The molecule has 0 amide bonds. The maximum Gasteiger partial charge on any atom is 0.226 e. The summed E-state index contributed by atoms with van der Waals surface area (Å²) in [4.78, 5) is 11.4. The lowest BCUT2D eigenvalue weighted by Gasteiger charge is -2.30. The zero-order valence-corrected chi connectivity index (χ0v) is 15.1. The van der Waals surface area contributed by atoms with Gasteiger partial charge in [-0.25, -0.2) is 10.8 Å². The van der Waals surface area contributed by atoms with Crippen LogP contribution in [0, 0.1) is 0 Å². The molecule has 0 fully saturated rings. The summed E-state index contributed by atoms with van der Waals surface area (Å²) in [7, 11) is 0. The number of nitrogen functional groups attached to an aromatic ring is 1. The summed E-state index contributed by atoms with van der Waals surface area (Å²) in [5.74, 6) is 6.99. The van der Waals surface area contributed by atoms with Gasteiger partial charge in [0.15, 0.2) is 5.82 Å². The first-order valence-corrected chi connectivity index (χ1v) is 9.08. The number of benzene rings is 1. The number of thiophene rings is 1. The Morgan fingerprint density at radius 2 is 2.04 bits per heavy atom. The van der Waals surface area contributed by atoms with Crippen LogP contribution in [-0.2, 0) is 24.3 Å². The van der Waals surface area contributed by atoms with E-state index in [-0.39, 0.29) is 5.60 Å². The number of ether oxygens (including phenoxy) is 1. The van der Waals surface area contributed by atoms with Crippen LogP contribution in [0.25, 0.3) is 10.2 Å². The number of rotatable bonds is 4. The molecule has 3 heterocycles. The van der Waals surface area contributed by atoms with Crippen molar-refractivity contribution in [2.45, 2.75) is 39.0 Å². The molecule has 0 atom stereocenters. The lowest BCUT2D eigenvalue weighted by atomic mass is 9.94. The molecule has 0 aliphatic carbocycles. The van der Waals surface area contributed by atoms with Gasteiger partial charge in [-0.1, -0.05) is 30.3 Å². The minimum Gasteiger partial charge on any atom is -0.370 e. The molecule has 6 nitrogen and oxygen atoms in total. The monoisotopic (exact) mass is 355 g/mol. The van der Waals surface area contributed by atoms with E-state index < -0.39 is 0 Å². The van der Waals surface area contributed by atoms with E-state index >= 15 is 0 Å². The van der Waals surface area contributed by atoms with E-state index in [1.165, 1.54) is 16.0 Å². The third kappa shape index (κ3) is 3.18. The van der Waals surface area contributed by atoms with Crippen LogP contribution in [0.5, 0.6) is 0 Å². The van der Waals surface area contributed by atoms with Gasteiger partial charge in [0.1, 0.15) is 4.83 Å². The second-order valence-electron chi connectivity index (χ2n) is 6.79. The Labute approximate surface area is 150 Å². The first-order chi connectivity index (χ1) is 12.1. The van der Waals surface area contributed by atoms with Gasteiger partial charge >= 0.3 is 0 Å². The van der Waals surface area contributed by atoms with E-state index in [1.54, 1.807) is 11.3 Å². The van der Waals surface area contributed by atoms with E-state index in [1.807, 2.05) is 18.2 Å². The molecule has 1 aliphatic heterocycles. The van der Waals surface area contributed by atoms with Crippen LogP contribution in [0.3, 0.4) is 0 Å². The molecule has 0 bridgehead atoms. The summed E-state index contributed by atoms with van der Waals surface area (Å²) in [5, 5.41) is 4.30. The Bertz CT molecular complexity index is 907. The second kappa shape index (κ2) is 6.25. The SMILES string of the molecule is CC1(C)Cc2c(sc3nc(NCc4ccccc4)nc(NN)c23)CO1. The normalized spacial score (nSPS) is 15.8. The molecule has 4 N–H and O–H groups in total. The van der Waals surface area contributed by atoms with Gasteiger partial charge in [0.25, 0.3) is 0 Å². The number of nitrogens with one attached hydrogen (secondary N) is 2. The van der Waals surface area contributed by atoms with Crippen molar-refractivity contribution in [3.8, 4) is 0 Å². The van der Waals surface area contributed by atoms with Gasteiger partial charge in [-0.2, -0.15) is 4.98 Å². The van der Waals surface area contributed by atoms with Gasteiger partial charge in [-0.05, 0) is 25.0 Å². The smallest absolute Gasteiger partial charge is 0.226 e. The lowest BCUT2D eigenvalue weighted by Crippen LogP contribution is -2.31. The standard InChI is InChI=1S/C18H21N5OS/c1-18(2)8-12-13(10-24-18)25-16-14(12)15(23-19)21-17(22-16)20-9-11-6-4-3-5-7-11/h3-7H,8-10,19H2,1-2H3,(H2,20,21,22,23). The average molecular weight is 355 g/mol. The van der Waals surface area contributed by atoms with Crippen LogP contribution < -0.4 is 16.6 Å². The van der Waals surface area contributed by atoms with Crippen molar-refractivity contribution in [2.75, 3.05) is 10.7 Å². The Morgan fingerprint density at radius 3 is 2.80 bits per heavy atom. The van der Waals surface area contributed by atoms with Crippen LogP contribution >= 0.6 is 11.3 Å². The number of nitrogens with zero attached hydrogens (tertiary/aromatic N) is 2. The fourth-order valence-electron chi connectivity index (χ4n) is 3.11. The summed E-state index contributed by atoms with van der Waals surface area (Å²) in [5.41, 5.74) is 4.99. The fourth-order valence-corrected chi connectivity index (χ4v) is 4.21. The molecule has 0 saturated carbocycles. The van der Waals surface area contributed by atoms with Crippen molar-refractivity contribution in [3.05, 3.63) is 46.3 Å². The number of nitrogens with two attached hydrogens (primary N) is 1. The van der Waals surface area contributed by atoms with Crippen molar-refractivity contribution in [1.82, 2.24) is 9.97 Å². The van der Waals surface area contributed by atoms with Crippen molar-refractivity contribution in [3.63, 3.8) is 0 Å². The Balaban J connectivity index is 1.69. The summed E-state index contributed by atoms with van der Waals surface area (Å²) in [6, 6.07) is 10.2. The molecule has 0 saturated heterocycles. The van der Waals surface area contributed by atoms with E-state index in [2.05, 4.69) is 41.7 Å². The molecular weight excluding hydrogens is 334 g/mol. The first-order valence-electron chi connectivity index (χ1n) is 8.26. The summed E-state index contributed by atoms with van der Waals surface area (Å²) < 4.78 is 5.93. The highest BCUT2D eigenvalue weighted by Gasteiger charge is 2.30. The van der Waals surface area contributed by atoms with Crippen molar-refractivity contribution in [1.29, 1.82) is 0 Å². The highest BCUT2D eigenvalue weighted by atomic mass is 32.1. The molecule has 0 radical (unpaired) electrons. The Kier molecular flexibility index (Phi) is 4.07. The topological polar surface area (TPSA) is 85.1 Å². The predicted octanol–water partition coefficient (Wildman–Crippen LogP) is 3.44. The highest BCUT2D eigenvalue weighted by molar-refractivity contribution is 7.19. The van der Waals surface area contributed by atoms with Gasteiger partial charge in [0, 0.05) is 17.8 Å². The molecule has 0 spiro atoms. The van der Waals surface area contributed by atoms with Crippen molar-refractivity contribution < 1.29 is 4.74 Å². The molecule has 2 aromatic heterocycles. The third-order valence-electron chi connectivity index (χ3n) is 4.36. The van der Waals surface area contributed by atoms with Crippen LogP contribution in [0.4, 0.5) is 11.8 Å². The quantitative estimate of drug-likeness (QED) is 0.491. The minimum absolute atomic E-state index is 0.183. The third-order valence-corrected chi connectivity index (χ3v) is 5.46. The molecule has 3 aromatic rings. The summed E-state index contributed by atoms with van der Waals surface area (Å²) in [6.07, 6.45) is 0.831. The van der Waals surface area contributed by atoms with E-state index in [0.717, 1.165) is 16.6 Å². The first kappa shape index (κ1) is 16.3. The zero-order valence-electron chi connectivity index (χ0n) is 14.3. The molecule has 7 heteroatoms. The Morgan fingerprint density at radius 1 is 1.24 bits per heavy atom. The number of hydrogen-bond acceptors (Lipinski definition) is 7. The molecule has 25 heavy (non-hydrogen) atoms. The maximum atomic E-state index is 5.93. The molecule has 130 valence electrons. The molecule has 1 aromatic carbocycles. The molecule has 4 rings (SSSR count). The predicted molar refractivity (Wildman–Crippen MR) is 102 cm³/mol. The summed E-state index contributed by atoms with van der Waals surface area (Å²) in [6.45, 7) is 5.48. The number of hydrogen-bond donors (Lipinski definition) is 3. The highest BCUT2D eigenvalue weighted by Crippen LogP contribution is 2.41. The number of anilines is 2. The van der Waals surface area contributed by atoms with Gasteiger partial charge in [0.2, 0.25) is 5.95 Å². The molecule has 0 unspecified atom stereocenters. The van der Waals surface area contributed by atoms with Crippen molar-refractivity contribution in [2.24, 2.45) is 5.84 Å². The molecular formula is C18H21N5OS. The molecule has 1 aliphatic rings. The zero-order chi connectivity index (χ0) is 17.4. The largest absolute Gasteiger partial charge is 0.370 e. The van der Waals surface area contributed by atoms with Crippen LogP contribution in [0.2, 0.25) is 0 Å². The lowest BCUT2D eigenvalue weighted by molar-refractivity contribution is -0.0379. The van der Waals surface area contributed by atoms with Crippen LogP contribution in [0.1, 0.15) is 29.9 Å². The van der Waals surface area contributed by atoms with Gasteiger partial charge in [-0.3, -0.25) is 0 Å².